The Morgan fingerprint density at radius 3 is 2.64 bits per heavy atom. The predicted molar refractivity (Wildman–Crippen MR) is 105 cm³/mol. The number of benzene rings is 2. The van der Waals surface area contributed by atoms with Crippen LogP contribution in [0.3, 0.4) is 0 Å². The molecule has 0 fully saturated rings. The van der Waals surface area contributed by atoms with Crippen molar-refractivity contribution in [2.75, 3.05) is 5.32 Å². The number of aromatic nitrogens is 2. The summed E-state index contributed by atoms with van der Waals surface area (Å²) in [6.07, 6.45) is 1.55. The lowest BCUT2D eigenvalue weighted by atomic mass is 10.1. The van der Waals surface area contributed by atoms with Crippen molar-refractivity contribution in [1.82, 2.24) is 9.78 Å². The molecule has 1 amide bonds. The molecule has 4 rings (SSSR count). The summed E-state index contributed by atoms with van der Waals surface area (Å²) in [6, 6.07) is 17.1. The van der Waals surface area contributed by atoms with Crippen LogP contribution in [0.2, 0.25) is 0 Å². The number of para-hydroxylation sites is 1. The maximum atomic E-state index is 14.0. The third kappa shape index (κ3) is 3.32. The molecule has 5 nitrogen and oxygen atoms in total. The highest BCUT2D eigenvalue weighted by Crippen LogP contribution is 2.25. The van der Waals surface area contributed by atoms with Crippen LogP contribution in [0.25, 0.3) is 17.1 Å². The number of anilines is 1. The molecule has 0 bridgehead atoms. The molecular formula is C22H18FN3O2. The topological polar surface area (TPSA) is 60.1 Å². The van der Waals surface area contributed by atoms with Gasteiger partial charge in [-0.05, 0) is 55.3 Å². The molecule has 2 aromatic carbocycles. The highest BCUT2D eigenvalue weighted by atomic mass is 19.1. The molecule has 0 saturated carbocycles. The number of carbonyl (C=O) groups excluding carboxylic acids is 1. The number of hydrogen-bond acceptors (Lipinski definition) is 3. The summed E-state index contributed by atoms with van der Waals surface area (Å²) in [5.41, 5.74) is 3.68. The summed E-state index contributed by atoms with van der Waals surface area (Å²) in [5, 5.41) is 7.20. The second-order valence-electron chi connectivity index (χ2n) is 6.53. The summed E-state index contributed by atoms with van der Waals surface area (Å²) in [6.45, 7) is 3.92. The normalized spacial score (nSPS) is 10.8. The molecule has 0 unspecified atom stereocenters. The van der Waals surface area contributed by atoms with Gasteiger partial charge in [-0.1, -0.05) is 24.3 Å². The fourth-order valence-electron chi connectivity index (χ4n) is 2.97. The Balaban J connectivity index is 1.82. The van der Waals surface area contributed by atoms with Crippen molar-refractivity contribution in [3.8, 4) is 17.1 Å². The standard InChI is InChI=1S/C22H18FN3O2/c1-14-9-10-15(2)19(12-14)26-20(13-18(25-26)21-8-5-11-28-21)22(27)24-17-7-4-3-6-16(17)23/h3-13H,1-2H3,(H,24,27). The predicted octanol–water partition coefficient (Wildman–Crippen LogP) is 5.14. The van der Waals surface area contributed by atoms with Crippen LogP contribution in [0.1, 0.15) is 21.6 Å². The molecule has 6 heteroatoms. The van der Waals surface area contributed by atoms with Crippen molar-refractivity contribution in [3.63, 3.8) is 0 Å². The molecule has 140 valence electrons. The molecule has 4 aromatic rings. The summed E-state index contributed by atoms with van der Waals surface area (Å²) >= 11 is 0. The smallest absolute Gasteiger partial charge is 0.274 e. The van der Waals surface area contributed by atoms with Crippen LogP contribution in [0.4, 0.5) is 10.1 Å². The van der Waals surface area contributed by atoms with Gasteiger partial charge < -0.3 is 9.73 Å². The van der Waals surface area contributed by atoms with Crippen LogP contribution in [0.5, 0.6) is 0 Å². The first kappa shape index (κ1) is 17.7. The lowest BCUT2D eigenvalue weighted by Gasteiger charge is -2.11. The van der Waals surface area contributed by atoms with Gasteiger partial charge in [0.2, 0.25) is 0 Å². The Morgan fingerprint density at radius 2 is 1.89 bits per heavy atom. The van der Waals surface area contributed by atoms with Gasteiger partial charge in [-0.2, -0.15) is 5.10 Å². The molecule has 0 radical (unpaired) electrons. The number of carbonyl (C=O) groups is 1. The summed E-state index contributed by atoms with van der Waals surface area (Å²) in [4.78, 5) is 13.0. The zero-order chi connectivity index (χ0) is 19.7. The van der Waals surface area contributed by atoms with Crippen molar-refractivity contribution in [1.29, 1.82) is 0 Å². The SMILES string of the molecule is Cc1ccc(C)c(-n2nc(-c3ccco3)cc2C(=O)Nc2ccccc2F)c1. The molecule has 0 atom stereocenters. The van der Waals surface area contributed by atoms with Gasteiger partial charge in [0, 0.05) is 6.07 Å². The van der Waals surface area contributed by atoms with Crippen LogP contribution in [0.15, 0.2) is 71.3 Å². The van der Waals surface area contributed by atoms with Gasteiger partial charge in [0.25, 0.3) is 5.91 Å². The van der Waals surface area contributed by atoms with Gasteiger partial charge in [-0.25, -0.2) is 9.07 Å². The minimum Gasteiger partial charge on any atom is -0.463 e. The molecule has 0 aliphatic heterocycles. The number of hydrogen-bond donors (Lipinski definition) is 1. The molecule has 1 N–H and O–H groups in total. The Labute approximate surface area is 161 Å². The maximum absolute atomic E-state index is 14.0. The highest BCUT2D eigenvalue weighted by molar-refractivity contribution is 6.04. The van der Waals surface area contributed by atoms with Gasteiger partial charge in [-0.3, -0.25) is 4.79 Å². The van der Waals surface area contributed by atoms with Crippen LogP contribution >= 0.6 is 0 Å². The number of rotatable bonds is 4. The zero-order valence-corrected chi connectivity index (χ0v) is 15.4. The van der Waals surface area contributed by atoms with Gasteiger partial charge in [-0.15, -0.1) is 0 Å². The van der Waals surface area contributed by atoms with E-state index in [2.05, 4.69) is 10.4 Å². The number of halogens is 1. The average Bonchev–Trinajstić information content (AvgIpc) is 3.35. The first-order valence-corrected chi connectivity index (χ1v) is 8.80. The van der Waals surface area contributed by atoms with Crippen molar-refractivity contribution in [2.24, 2.45) is 0 Å². The van der Waals surface area contributed by atoms with Crippen LogP contribution < -0.4 is 5.32 Å². The molecule has 0 aliphatic carbocycles. The lowest BCUT2D eigenvalue weighted by molar-refractivity contribution is 0.101. The Kier molecular flexibility index (Phi) is 4.53. The number of aryl methyl sites for hydroxylation is 2. The Hall–Kier alpha value is -3.67. The molecule has 2 heterocycles. The molecule has 28 heavy (non-hydrogen) atoms. The first-order chi connectivity index (χ1) is 13.5. The van der Waals surface area contributed by atoms with E-state index in [1.165, 1.54) is 12.1 Å². The second-order valence-corrected chi connectivity index (χ2v) is 6.53. The van der Waals surface area contributed by atoms with E-state index in [4.69, 9.17) is 4.42 Å². The summed E-state index contributed by atoms with van der Waals surface area (Å²) in [5.74, 6) is -0.416. The fraction of sp³-hybridized carbons (Fsp3) is 0.0909. The third-order valence-corrected chi connectivity index (χ3v) is 4.43. The van der Waals surface area contributed by atoms with E-state index in [-0.39, 0.29) is 11.4 Å². The van der Waals surface area contributed by atoms with Gasteiger partial charge in [0.1, 0.15) is 17.2 Å². The molecule has 0 aliphatic rings. The third-order valence-electron chi connectivity index (χ3n) is 4.43. The van der Waals surface area contributed by atoms with Gasteiger partial charge >= 0.3 is 0 Å². The minimum absolute atomic E-state index is 0.112. The monoisotopic (exact) mass is 375 g/mol. The van der Waals surface area contributed by atoms with E-state index in [0.717, 1.165) is 16.8 Å². The fourth-order valence-corrected chi connectivity index (χ4v) is 2.97. The lowest BCUT2D eigenvalue weighted by Crippen LogP contribution is -2.18. The number of furan rings is 1. The van der Waals surface area contributed by atoms with E-state index >= 15 is 0 Å². The van der Waals surface area contributed by atoms with Crippen LogP contribution in [0, 0.1) is 19.7 Å². The molecular weight excluding hydrogens is 357 g/mol. The van der Waals surface area contributed by atoms with Crippen molar-refractivity contribution in [3.05, 3.63) is 89.6 Å². The van der Waals surface area contributed by atoms with E-state index < -0.39 is 11.7 Å². The largest absolute Gasteiger partial charge is 0.463 e. The summed E-state index contributed by atoms with van der Waals surface area (Å²) in [7, 11) is 0. The Morgan fingerprint density at radius 1 is 1.07 bits per heavy atom. The zero-order valence-electron chi connectivity index (χ0n) is 15.4. The minimum atomic E-state index is -0.500. The van der Waals surface area contributed by atoms with Crippen molar-refractivity contribution in [2.45, 2.75) is 13.8 Å². The molecule has 0 saturated heterocycles. The number of amides is 1. The van der Waals surface area contributed by atoms with E-state index in [1.54, 1.807) is 41.3 Å². The van der Waals surface area contributed by atoms with E-state index in [9.17, 15) is 9.18 Å². The van der Waals surface area contributed by atoms with E-state index in [0.29, 0.717) is 11.5 Å². The quantitative estimate of drug-likeness (QED) is 0.537. The summed E-state index contributed by atoms with van der Waals surface area (Å²) < 4.78 is 21.0. The highest BCUT2D eigenvalue weighted by Gasteiger charge is 2.20. The molecule has 2 aromatic heterocycles. The van der Waals surface area contributed by atoms with Crippen LogP contribution in [-0.4, -0.2) is 15.7 Å². The number of nitrogens with zero attached hydrogens (tertiary/aromatic N) is 2. The van der Waals surface area contributed by atoms with E-state index in [1.807, 2.05) is 32.0 Å². The maximum Gasteiger partial charge on any atom is 0.274 e. The van der Waals surface area contributed by atoms with Gasteiger partial charge in [0.15, 0.2) is 5.76 Å². The van der Waals surface area contributed by atoms with Crippen molar-refractivity contribution >= 4 is 11.6 Å². The van der Waals surface area contributed by atoms with Gasteiger partial charge in [0.05, 0.1) is 17.6 Å². The molecule has 0 spiro atoms. The Bertz CT molecular complexity index is 1150. The first-order valence-electron chi connectivity index (χ1n) is 8.80. The second kappa shape index (κ2) is 7.15. The average molecular weight is 375 g/mol. The van der Waals surface area contributed by atoms with Crippen molar-refractivity contribution < 1.29 is 13.6 Å². The van der Waals surface area contributed by atoms with Crippen LogP contribution in [-0.2, 0) is 0 Å². The number of nitrogens with one attached hydrogen (secondary N) is 1.